The molecule has 0 aromatic heterocycles. The topological polar surface area (TPSA) is 177 Å². The molecule has 0 saturated carbocycles. The van der Waals surface area contributed by atoms with Gasteiger partial charge in [-0.1, -0.05) is 51.5 Å². The van der Waals surface area contributed by atoms with E-state index in [4.69, 9.17) is 33.2 Å². The Kier molecular flexibility index (Phi) is 21.7. The van der Waals surface area contributed by atoms with Crippen LogP contribution in [0.2, 0.25) is 0 Å². The zero-order valence-electron chi connectivity index (χ0n) is 30.6. The van der Waals surface area contributed by atoms with Gasteiger partial charge in [0.05, 0.1) is 90.4 Å². The van der Waals surface area contributed by atoms with Crippen molar-refractivity contribution in [1.29, 1.82) is 0 Å². The lowest BCUT2D eigenvalue weighted by Gasteiger charge is -2.27. The summed E-state index contributed by atoms with van der Waals surface area (Å²) in [6, 6.07) is 3.90. The highest BCUT2D eigenvalue weighted by Gasteiger charge is 2.45. The third-order valence-corrected chi connectivity index (χ3v) is 8.37. The van der Waals surface area contributed by atoms with Gasteiger partial charge >= 0.3 is 5.97 Å². The van der Waals surface area contributed by atoms with Crippen LogP contribution in [-0.4, -0.2) is 133 Å². The molecule has 0 aliphatic carbocycles. The highest BCUT2D eigenvalue weighted by Crippen LogP contribution is 2.32. The molecular weight excluding hydrogens is 678 g/mol. The summed E-state index contributed by atoms with van der Waals surface area (Å²) in [6.07, 6.45) is 8.85. The molecule has 15 heteroatoms. The second-order valence-corrected chi connectivity index (χ2v) is 12.4. The fraction of sp³-hybridized carbons (Fsp3) is 0.703. The minimum absolute atomic E-state index is 0.0660. The summed E-state index contributed by atoms with van der Waals surface area (Å²) in [5, 5.41) is 5.33. The van der Waals surface area contributed by atoms with Gasteiger partial charge in [-0.2, -0.15) is 0 Å². The van der Waals surface area contributed by atoms with Crippen LogP contribution in [0.15, 0.2) is 18.2 Å². The van der Waals surface area contributed by atoms with Gasteiger partial charge in [-0.3, -0.25) is 34.2 Å². The number of amides is 4. The minimum atomic E-state index is -1.01. The Hall–Kier alpha value is -3.47. The van der Waals surface area contributed by atoms with Crippen LogP contribution in [0.3, 0.4) is 0 Å². The van der Waals surface area contributed by atoms with Crippen LogP contribution >= 0.6 is 0 Å². The molecular formula is C37H57N3O12. The number of fused-ring (bicyclic) bond motifs is 1. The van der Waals surface area contributed by atoms with Gasteiger partial charge < -0.3 is 38.5 Å². The highest BCUT2D eigenvalue weighted by molar-refractivity contribution is 6.25. The first-order valence-electron chi connectivity index (χ1n) is 18.6. The summed E-state index contributed by atoms with van der Waals surface area (Å²) in [7, 11) is 0. The number of unbranched alkanes of at least 4 members (excludes halogenated alkanes) is 6. The van der Waals surface area contributed by atoms with E-state index in [9.17, 15) is 24.0 Å². The number of piperidine rings is 1. The predicted octanol–water partition coefficient (Wildman–Crippen LogP) is 3.28. The van der Waals surface area contributed by atoms with Crippen molar-refractivity contribution in [2.75, 3.05) is 97.8 Å². The normalized spacial score (nSPS) is 15.6. The average molecular weight is 736 g/mol. The molecule has 1 fully saturated rings. The monoisotopic (exact) mass is 735 g/mol. The summed E-state index contributed by atoms with van der Waals surface area (Å²) in [5.74, 6) is -2.33. The average Bonchev–Trinajstić information content (AvgIpc) is 3.39. The van der Waals surface area contributed by atoms with Crippen LogP contribution in [-0.2, 0) is 47.5 Å². The van der Waals surface area contributed by atoms with Crippen molar-refractivity contribution in [3.05, 3.63) is 29.3 Å². The molecule has 1 aromatic rings. The van der Waals surface area contributed by atoms with E-state index < -0.39 is 29.7 Å². The first kappa shape index (κ1) is 42.9. The van der Waals surface area contributed by atoms with Crippen LogP contribution in [0, 0.1) is 0 Å². The third-order valence-electron chi connectivity index (χ3n) is 8.37. The molecule has 2 N–H and O–H groups in total. The molecule has 1 aromatic carbocycles. The van der Waals surface area contributed by atoms with Crippen molar-refractivity contribution < 1.29 is 57.1 Å². The Balaban J connectivity index is 1.06. The Morgan fingerprint density at radius 3 is 1.83 bits per heavy atom. The number of nitrogens with zero attached hydrogens (tertiary/aromatic N) is 1. The number of imide groups is 2. The van der Waals surface area contributed by atoms with Crippen molar-refractivity contribution in [1.82, 2.24) is 10.2 Å². The molecule has 2 heterocycles. The number of hydrogen-bond acceptors (Lipinski definition) is 13. The van der Waals surface area contributed by atoms with Crippen LogP contribution < -0.4 is 10.6 Å². The summed E-state index contributed by atoms with van der Waals surface area (Å²) in [4.78, 5) is 62.6. The van der Waals surface area contributed by atoms with E-state index in [0.717, 1.165) is 17.7 Å². The molecule has 2 aliphatic heterocycles. The molecule has 1 atom stereocenters. The van der Waals surface area contributed by atoms with Gasteiger partial charge in [-0.05, 0) is 25.0 Å². The summed E-state index contributed by atoms with van der Waals surface area (Å²) < 4.78 is 38.2. The first-order chi connectivity index (χ1) is 25.4. The van der Waals surface area contributed by atoms with E-state index in [1.807, 2.05) is 0 Å². The fourth-order valence-electron chi connectivity index (χ4n) is 5.63. The largest absolute Gasteiger partial charge is 0.463 e. The molecule has 52 heavy (non-hydrogen) atoms. The predicted molar refractivity (Wildman–Crippen MR) is 190 cm³/mol. The molecule has 15 nitrogen and oxygen atoms in total. The molecule has 292 valence electrons. The minimum Gasteiger partial charge on any atom is -0.463 e. The quantitative estimate of drug-likeness (QED) is 0.0646. The number of hydrogen-bond donors (Lipinski definition) is 2. The second kappa shape index (κ2) is 26.3. The number of rotatable bonds is 31. The number of nitrogens with one attached hydrogen (secondary N) is 2. The Bertz CT molecular complexity index is 1250. The van der Waals surface area contributed by atoms with E-state index in [0.29, 0.717) is 97.9 Å². The Morgan fingerprint density at radius 2 is 1.25 bits per heavy atom. The van der Waals surface area contributed by atoms with Gasteiger partial charge in [0, 0.05) is 25.1 Å². The summed E-state index contributed by atoms with van der Waals surface area (Å²) in [6.45, 7) is 7.80. The molecule has 0 bridgehead atoms. The van der Waals surface area contributed by atoms with Gasteiger partial charge in [0.15, 0.2) is 0 Å². The highest BCUT2D eigenvalue weighted by atomic mass is 16.6. The number of benzene rings is 1. The van der Waals surface area contributed by atoms with Crippen LogP contribution in [0.5, 0.6) is 0 Å². The molecule has 0 spiro atoms. The van der Waals surface area contributed by atoms with Gasteiger partial charge in [0.2, 0.25) is 11.8 Å². The number of anilines is 1. The van der Waals surface area contributed by atoms with E-state index in [1.54, 1.807) is 18.2 Å². The zero-order valence-corrected chi connectivity index (χ0v) is 30.6. The zero-order chi connectivity index (χ0) is 37.2. The molecule has 0 radical (unpaired) electrons. The third kappa shape index (κ3) is 16.0. The van der Waals surface area contributed by atoms with Crippen LogP contribution in [0.1, 0.15) is 91.8 Å². The number of ether oxygens (including phenoxy) is 7. The van der Waals surface area contributed by atoms with Crippen molar-refractivity contribution in [3.63, 3.8) is 0 Å². The lowest BCUT2D eigenvalue weighted by Crippen LogP contribution is -2.54. The van der Waals surface area contributed by atoms with Crippen LogP contribution in [0.4, 0.5) is 5.69 Å². The molecule has 3 rings (SSSR count). The van der Waals surface area contributed by atoms with Crippen molar-refractivity contribution in [2.24, 2.45) is 0 Å². The molecule has 1 saturated heterocycles. The molecule has 1 unspecified atom stereocenters. The lowest BCUT2D eigenvalue weighted by molar-refractivity contribution is -0.145. The van der Waals surface area contributed by atoms with E-state index >= 15 is 0 Å². The maximum Gasteiger partial charge on any atom is 0.305 e. The SMILES string of the molecule is CCCCCCCCCC(=O)OCCOCCOCCOCCOCCOCCOCCNc1cccc2c1C(=O)N(C1CCC(=O)NC1=O)C2=O. The molecule has 2 aliphatic rings. The van der Waals surface area contributed by atoms with Gasteiger partial charge in [0.1, 0.15) is 12.6 Å². The van der Waals surface area contributed by atoms with Gasteiger partial charge in [-0.25, -0.2) is 0 Å². The lowest BCUT2D eigenvalue weighted by atomic mass is 10.0. The standard InChI is InChI=1S/C37H57N3O12/c1-2-3-4-5-6-7-8-12-33(42)52-28-27-51-26-25-50-24-23-49-22-21-48-20-19-47-18-17-46-16-15-38-30-11-9-10-29-34(30)37(45)40(36(29)44)31-13-14-32(41)39-35(31)43/h9-11,31,38H,2-8,12-28H2,1H3,(H,39,41,43). The Labute approximate surface area is 306 Å². The smallest absolute Gasteiger partial charge is 0.305 e. The van der Waals surface area contributed by atoms with E-state index in [-0.39, 0.29) is 36.5 Å². The maximum absolute atomic E-state index is 13.1. The number of carbonyl (C=O) groups excluding carboxylic acids is 5. The van der Waals surface area contributed by atoms with Crippen molar-refractivity contribution in [3.8, 4) is 0 Å². The maximum atomic E-state index is 13.1. The Morgan fingerprint density at radius 1 is 0.712 bits per heavy atom. The number of esters is 1. The van der Waals surface area contributed by atoms with Crippen LogP contribution in [0.25, 0.3) is 0 Å². The number of carbonyl (C=O) groups is 5. The fourth-order valence-corrected chi connectivity index (χ4v) is 5.63. The first-order valence-corrected chi connectivity index (χ1v) is 18.6. The molecule has 4 amide bonds. The van der Waals surface area contributed by atoms with Crippen molar-refractivity contribution >= 4 is 35.3 Å². The summed E-state index contributed by atoms with van der Waals surface area (Å²) in [5.41, 5.74) is 0.906. The van der Waals surface area contributed by atoms with Crippen molar-refractivity contribution in [2.45, 2.75) is 77.2 Å². The van der Waals surface area contributed by atoms with Gasteiger partial charge in [0.25, 0.3) is 11.8 Å². The summed E-state index contributed by atoms with van der Waals surface area (Å²) >= 11 is 0. The van der Waals surface area contributed by atoms with E-state index in [1.165, 1.54) is 32.1 Å². The van der Waals surface area contributed by atoms with E-state index in [2.05, 4.69) is 17.6 Å². The second-order valence-electron chi connectivity index (χ2n) is 12.4. The van der Waals surface area contributed by atoms with Gasteiger partial charge in [-0.15, -0.1) is 0 Å².